The standard InChI is InChI=1S/C17H17FN4O4/c1-9(15(23)21-17(25)20-12-6-7-12)26-16(24)13-8-19-22-14(13)10-2-4-11(18)5-3-10/h2-5,8-9,12H,6-7H2,1H3,(H,19,22)(H2,20,21,23,25)/t9-/m1/s1. The number of nitrogens with zero attached hydrogens (tertiary/aromatic N) is 1. The zero-order valence-corrected chi connectivity index (χ0v) is 13.9. The number of aromatic amines is 1. The van der Waals surface area contributed by atoms with Crippen LogP contribution in [0.25, 0.3) is 11.3 Å². The molecular formula is C17H17FN4O4. The lowest BCUT2D eigenvalue weighted by atomic mass is 10.1. The number of amides is 3. The summed E-state index contributed by atoms with van der Waals surface area (Å²) in [6.45, 7) is 1.36. The van der Waals surface area contributed by atoms with Gasteiger partial charge in [0.1, 0.15) is 11.4 Å². The van der Waals surface area contributed by atoms with Crippen LogP contribution < -0.4 is 10.6 Å². The molecule has 2 aromatic rings. The zero-order valence-electron chi connectivity index (χ0n) is 13.9. The molecule has 0 spiro atoms. The number of carbonyl (C=O) groups is 3. The van der Waals surface area contributed by atoms with Crippen LogP contribution in [0.4, 0.5) is 9.18 Å². The Hall–Kier alpha value is -3.23. The summed E-state index contributed by atoms with van der Waals surface area (Å²) in [6, 6.07) is 4.95. The summed E-state index contributed by atoms with van der Waals surface area (Å²) >= 11 is 0. The highest BCUT2D eigenvalue weighted by Gasteiger charge is 2.27. The van der Waals surface area contributed by atoms with E-state index in [0.29, 0.717) is 11.3 Å². The first-order valence-corrected chi connectivity index (χ1v) is 8.05. The molecule has 26 heavy (non-hydrogen) atoms. The van der Waals surface area contributed by atoms with E-state index in [1.165, 1.54) is 37.4 Å². The van der Waals surface area contributed by atoms with Crippen LogP contribution >= 0.6 is 0 Å². The molecular weight excluding hydrogens is 343 g/mol. The molecule has 0 radical (unpaired) electrons. The van der Waals surface area contributed by atoms with Gasteiger partial charge in [0.05, 0.1) is 11.9 Å². The predicted molar refractivity (Wildman–Crippen MR) is 88.6 cm³/mol. The number of carbonyl (C=O) groups excluding carboxylic acids is 3. The Morgan fingerprint density at radius 1 is 1.27 bits per heavy atom. The summed E-state index contributed by atoms with van der Waals surface area (Å²) < 4.78 is 18.1. The average Bonchev–Trinajstić information content (AvgIpc) is 3.27. The maximum Gasteiger partial charge on any atom is 0.342 e. The number of halogens is 1. The first-order valence-electron chi connectivity index (χ1n) is 8.05. The lowest BCUT2D eigenvalue weighted by Crippen LogP contribution is -2.45. The van der Waals surface area contributed by atoms with Gasteiger partial charge in [-0.3, -0.25) is 15.2 Å². The van der Waals surface area contributed by atoms with E-state index in [9.17, 15) is 18.8 Å². The molecule has 3 N–H and O–H groups in total. The van der Waals surface area contributed by atoms with E-state index in [1.807, 2.05) is 0 Å². The minimum absolute atomic E-state index is 0.0960. The highest BCUT2D eigenvalue weighted by atomic mass is 19.1. The lowest BCUT2D eigenvalue weighted by molar-refractivity contribution is -0.127. The first kappa shape index (κ1) is 17.6. The summed E-state index contributed by atoms with van der Waals surface area (Å²) in [5, 5.41) is 11.2. The Labute approximate surface area is 148 Å². The van der Waals surface area contributed by atoms with Gasteiger partial charge in [-0.2, -0.15) is 5.10 Å². The number of imide groups is 1. The SMILES string of the molecule is C[C@@H](OC(=O)c1cn[nH]c1-c1ccc(F)cc1)C(=O)NC(=O)NC1CC1. The second kappa shape index (κ2) is 7.34. The van der Waals surface area contributed by atoms with E-state index < -0.39 is 29.8 Å². The smallest absolute Gasteiger partial charge is 0.342 e. The Morgan fingerprint density at radius 3 is 2.62 bits per heavy atom. The number of hydrogen-bond acceptors (Lipinski definition) is 5. The largest absolute Gasteiger partial charge is 0.449 e. The van der Waals surface area contributed by atoms with Crippen LogP contribution in [-0.4, -0.2) is 40.3 Å². The van der Waals surface area contributed by atoms with Gasteiger partial charge >= 0.3 is 12.0 Å². The molecule has 1 aliphatic rings. The fourth-order valence-electron chi connectivity index (χ4n) is 2.22. The Bertz CT molecular complexity index is 830. The van der Waals surface area contributed by atoms with Crippen LogP contribution in [0.1, 0.15) is 30.1 Å². The second-order valence-corrected chi connectivity index (χ2v) is 5.95. The third-order valence-corrected chi connectivity index (χ3v) is 3.79. The molecule has 1 heterocycles. The van der Waals surface area contributed by atoms with E-state index in [1.54, 1.807) is 0 Å². The van der Waals surface area contributed by atoms with E-state index in [0.717, 1.165) is 12.8 Å². The summed E-state index contributed by atoms with van der Waals surface area (Å²) in [5.41, 5.74) is 0.976. The molecule has 3 amide bonds. The molecule has 136 valence electrons. The molecule has 1 fully saturated rings. The fourth-order valence-corrected chi connectivity index (χ4v) is 2.22. The Morgan fingerprint density at radius 2 is 1.96 bits per heavy atom. The van der Waals surface area contributed by atoms with Crippen LogP contribution in [-0.2, 0) is 9.53 Å². The quantitative estimate of drug-likeness (QED) is 0.703. The minimum Gasteiger partial charge on any atom is -0.449 e. The van der Waals surface area contributed by atoms with Crippen LogP contribution in [0.15, 0.2) is 30.5 Å². The number of H-pyrrole nitrogens is 1. The molecule has 8 nitrogen and oxygen atoms in total. The summed E-state index contributed by atoms with van der Waals surface area (Å²) in [5.74, 6) is -1.93. The number of rotatable bonds is 5. The number of urea groups is 1. The molecule has 1 saturated carbocycles. The zero-order chi connectivity index (χ0) is 18.7. The van der Waals surface area contributed by atoms with E-state index in [4.69, 9.17) is 4.74 Å². The third-order valence-electron chi connectivity index (χ3n) is 3.79. The topological polar surface area (TPSA) is 113 Å². The average molecular weight is 360 g/mol. The maximum atomic E-state index is 13.0. The normalized spacial score (nSPS) is 14.4. The van der Waals surface area contributed by atoms with Crippen molar-refractivity contribution in [2.24, 2.45) is 0 Å². The maximum absolute atomic E-state index is 13.0. The minimum atomic E-state index is -1.18. The highest BCUT2D eigenvalue weighted by molar-refractivity contribution is 6.00. The van der Waals surface area contributed by atoms with Gasteiger partial charge in [0.15, 0.2) is 6.10 Å². The molecule has 1 aromatic heterocycles. The van der Waals surface area contributed by atoms with Gasteiger partial charge in [0.25, 0.3) is 5.91 Å². The number of ether oxygens (including phenoxy) is 1. The molecule has 0 aliphatic heterocycles. The van der Waals surface area contributed by atoms with Crippen molar-refractivity contribution in [1.82, 2.24) is 20.8 Å². The van der Waals surface area contributed by atoms with Crippen molar-refractivity contribution in [2.45, 2.75) is 31.9 Å². The summed E-state index contributed by atoms with van der Waals surface area (Å²) in [4.78, 5) is 35.8. The molecule has 0 saturated heterocycles. The van der Waals surface area contributed by atoms with Gasteiger partial charge in [-0.05, 0) is 44.0 Å². The monoisotopic (exact) mass is 360 g/mol. The summed E-state index contributed by atoms with van der Waals surface area (Å²) in [7, 11) is 0. The van der Waals surface area contributed by atoms with Gasteiger partial charge in [-0.1, -0.05) is 0 Å². The van der Waals surface area contributed by atoms with E-state index >= 15 is 0 Å². The van der Waals surface area contributed by atoms with Gasteiger partial charge < -0.3 is 10.1 Å². The second-order valence-electron chi connectivity index (χ2n) is 5.95. The van der Waals surface area contributed by atoms with E-state index in [2.05, 4.69) is 20.8 Å². The van der Waals surface area contributed by atoms with Crippen molar-refractivity contribution in [2.75, 3.05) is 0 Å². The first-order chi connectivity index (χ1) is 12.4. The molecule has 9 heteroatoms. The number of aromatic nitrogens is 2. The van der Waals surface area contributed by atoms with Crippen LogP contribution in [0.5, 0.6) is 0 Å². The highest BCUT2D eigenvalue weighted by Crippen LogP contribution is 2.22. The van der Waals surface area contributed by atoms with Crippen LogP contribution in [0, 0.1) is 5.82 Å². The predicted octanol–water partition coefficient (Wildman–Crippen LogP) is 1.75. The van der Waals surface area contributed by atoms with Gasteiger partial charge in [-0.15, -0.1) is 0 Å². The number of hydrogen-bond donors (Lipinski definition) is 3. The van der Waals surface area contributed by atoms with Crippen LogP contribution in [0.2, 0.25) is 0 Å². The van der Waals surface area contributed by atoms with Crippen molar-refractivity contribution in [1.29, 1.82) is 0 Å². The van der Waals surface area contributed by atoms with Gasteiger partial charge in [-0.25, -0.2) is 14.0 Å². The lowest BCUT2D eigenvalue weighted by Gasteiger charge is -2.13. The Balaban J connectivity index is 1.62. The number of benzene rings is 1. The fraction of sp³-hybridized carbons (Fsp3) is 0.294. The molecule has 1 aliphatic carbocycles. The number of esters is 1. The van der Waals surface area contributed by atoms with Crippen molar-refractivity contribution in [3.63, 3.8) is 0 Å². The molecule has 1 aromatic carbocycles. The molecule has 0 unspecified atom stereocenters. The summed E-state index contributed by atoms with van der Waals surface area (Å²) in [6.07, 6.45) is 1.85. The Kier molecular flexibility index (Phi) is 4.97. The van der Waals surface area contributed by atoms with Crippen molar-refractivity contribution < 1.29 is 23.5 Å². The molecule has 1 atom stereocenters. The molecule has 3 rings (SSSR count). The van der Waals surface area contributed by atoms with Crippen molar-refractivity contribution in [3.8, 4) is 11.3 Å². The molecule has 0 bridgehead atoms. The number of nitrogens with one attached hydrogen (secondary N) is 3. The van der Waals surface area contributed by atoms with Crippen LogP contribution in [0.3, 0.4) is 0 Å². The van der Waals surface area contributed by atoms with Gasteiger partial charge in [0.2, 0.25) is 0 Å². The van der Waals surface area contributed by atoms with Crippen molar-refractivity contribution in [3.05, 3.63) is 41.8 Å². The van der Waals surface area contributed by atoms with Gasteiger partial charge in [0, 0.05) is 11.6 Å². The van der Waals surface area contributed by atoms with Crippen molar-refractivity contribution >= 4 is 17.9 Å². The van der Waals surface area contributed by atoms with E-state index in [-0.39, 0.29) is 11.6 Å². The third kappa shape index (κ3) is 4.24.